The lowest BCUT2D eigenvalue weighted by molar-refractivity contribution is -0.126. The van der Waals surface area contributed by atoms with E-state index in [1.165, 1.54) is 19.2 Å². The Morgan fingerprint density at radius 1 is 1.28 bits per heavy atom. The fraction of sp³-hybridized carbons (Fsp3) is 0.385. The van der Waals surface area contributed by atoms with Crippen molar-refractivity contribution in [2.24, 2.45) is 0 Å². The quantitative estimate of drug-likeness (QED) is 0.850. The van der Waals surface area contributed by atoms with Crippen LogP contribution in [0.2, 0.25) is 0 Å². The minimum absolute atomic E-state index is 0.213. The molecule has 0 fully saturated rings. The van der Waals surface area contributed by atoms with Crippen molar-refractivity contribution in [2.75, 3.05) is 7.05 Å². The van der Waals surface area contributed by atoms with Crippen LogP contribution in [-0.2, 0) is 4.79 Å². The second-order valence-corrected chi connectivity index (χ2v) is 4.12. The lowest BCUT2D eigenvalue weighted by Crippen LogP contribution is -2.34. The molecule has 1 unspecified atom stereocenters. The minimum atomic E-state index is -0.980. The van der Waals surface area contributed by atoms with Gasteiger partial charge in [0.15, 0.2) is 6.10 Å². The summed E-state index contributed by atoms with van der Waals surface area (Å²) in [5, 5.41) is 11.4. The van der Waals surface area contributed by atoms with Gasteiger partial charge < -0.3 is 15.2 Å². The lowest BCUT2D eigenvalue weighted by atomic mass is 10.1. The topological polar surface area (TPSA) is 75.6 Å². The van der Waals surface area contributed by atoms with E-state index in [4.69, 9.17) is 9.84 Å². The van der Waals surface area contributed by atoms with E-state index in [9.17, 15) is 9.59 Å². The summed E-state index contributed by atoms with van der Waals surface area (Å²) < 4.78 is 5.56. The molecule has 1 amide bonds. The third kappa shape index (κ3) is 3.00. The molecule has 1 atom stereocenters. The number of aryl methyl sites for hydroxylation is 2. The molecule has 1 aromatic rings. The predicted molar refractivity (Wildman–Crippen MR) is 67.0 cm³/mol. The van der Waals surface area contributed by atoms with E-state index in [1.54, 1.807) is 20.8 Å². The summed E-state index contributed by atoms with van der Waals surface area (Å²) in [4.78, 5) is 22.3. The number of nitrogens with one attached hydrogen (secondary N) is 1. The molecule has 5 heteroatoms. The van der Waals surface area contributed by atoms with Gasteiger partial charge in [-0.05, 0) is 44.0 Å². The van der Waals surface area contributed by atoms with Gasteiger partial charge in [0, 0.05) is 7.05 Å². The number of hydrogen-bond donors (Lipinski definition) is 2. The van der Waals surface area contributed by atoms with E-state index < -0.39 is 12.1 Å². The highest BCUT2D eigenvalue weighted by molar-refractivity contribution is 5.88. The van der Waals surface area contributed by atoms with Crippen LogP contribution in [0.15, 0.2) is 12.1 Å². The molecule has 0 spiro atoms. The van der Waals surface area contributed by atoms with Crippen LogP contribution in [0.5, 0.6) is 5.75 Å². The Kier molecular flexibility index (Phi) is 4.31. The van der Waals surface area contributed by atoms with Crippen LogP contribution in [0, 0.1) is 13.8 Å². The zero-order valence-electron chi connectivity index (χ0n) is 10.9. The van der Waals surface area contributed by atoms with Gasteiger partial charge in [0.2, 0.25) is 0 Å². The van der Waals surface area contributed by atoms with Gasteiger partial charge in [-0.25, -0.2) is 4.79 Å². The Morgan fingerprint density at radius 2 is 1.78 bits per heavy atom. The molecule has 0 saturated heterocycles. The van der Waals surface area contributed by atoms with Gasteiger partial charge in [0.05, 0.1) is 5.56 Å². The van der Waals surface area contributed by atoms with Crippen molar-refractivity contribution in [1.29, 1.82) is 0 Å². The molecule has 0 aliphatic carbocycles. The number of carbonyl (C=O) groups is 2. The molecule has 0 bridgehead atoms. The van der Waals surface area contributed by atoms with Gasteiger partial charge in [0.25, 0.3) is 5.91 Å². The second-order valence-electron chi connectivity index (χ2n) is 4.12. The summed E-state index contributed by atoms with van der Waals surface area (Å²) in [6.45, 7) is 5.15. The Morgan fingerprint density at radius 3 is 2.17 bits per heavy atom. The zero-order valence-corrected chi connectivity index (χ0v) is 10.9. The first kappa shape index (κ1) is 14.0. The molecule has 2 N–H and O–H groups in total. The number of likely N-dealkylation sites (N-methyl/N-ethyl adjacent to an activating group) is 1. The summed E-state index contributed by atoms with van der Waals surface area (Å²) in [5.74, 6) is -0.653. The number of aromatic carboxylic acids is 1. The van der Waals surface area contributed by atoms with Crippen molar-refractivity contribution in [3.05, 3.63) is 28.8 Å². The summed E-state index contributed by atoms with van der Waals surface area (Å²) in [6.07, 6.45) is -0.622. The SMILES string of the molecule is CNC(=O)C(C)Oc1c(C)cc(C(=O)O)cc1C. The van der Waals surface area contributed by atoms with Gasteiger partial charge >= 0.3 is 5.97 Å². The Hall–Kier alpha value is -2.04. The van der Waals surface area contributed by atoms with Crippen LogP contribution in [-0.4, -0.2) is 30.1 Å². The minimum Gasteiger partial charge on any atom is -0.480 e. The maximum atomic E-state index is 11.4. The van der Waals surface area contributed by atoms with Crippen LogP contribution in [0.25, 0.3) is 0 Å². The largest absolute Gasteiger partial charge is 0.480 e. The number of benzene rings is 1. The van der Waals surface area contributed by atoms with Gasteiger partial charge in [-0.1, -0.05) is 0 Å². The first-order valence-corrected chi connectivity index (χ1v) is 5.59. The fourth-order valence-corrected chi connectivity index (χ4v) is 1.69. The van der Waals surface area contributed by atoms with Crippen molar-refractivity contribution in [1.82, 2.24) is 5.32 Å². The molecular formula is C13H17NO4. The second kappa shape index (κ2) is 5.53. The van der Waals surface area contributed by atoms with Gasteiger partial charge in [-0.2, -0.15) is 0 Å². The van der Waals surface area contributed by atoms with Crippen molar-refractivity contribution in [2.45, 2.75) is 26.9 Å². The average molecular weight is 251 g/mol. The number of carboxylic acids is 1. The molecule has 18 heavy (non-hydrogen) atoms. The monoisotopic (exact) mass is 251 g/mol. The van der Waals surface area contributed by atoms with E-state index >= 15 is 0 Å². The van der Waals surface area contributed by atoms with E-state index in [1.807, 2.05) is 0 Å². The summed E-state index contributed by atoms with van der Waals surface area (Å²) in [7, 11) is 1.54. The maximum Gasteiger partial charge on any atom is 0.335 e. The van der Waals surface area contributed by atoms with Crippen molar-refractivity contribution >= 4 is 11.9 Å². The standard InChI is InChI=1S/C13H17NO4/c1-7-5-10(13(16)17)6-8(2)11(7)18-9(3)12(15)14-4/h5-6,9H,1-4H3,(H,14,15)(H,16,17). The van der Waals surface area contributed by atoms with Gasteiger partial charge in [-0.3, -0.25) is 4.79 Å². The first-order chi connectivity index (χ1) is 8.36. The lowest BCUT2D eigenvalue weighted by Gasteiger charge is -2.17. The highest BCUT2D eigenvalue weighted by atomic mass is 16.5. The molecule has 1 aromatic carbocycles. The average Bonchev–Trinajstić information content (AvgIpc) is 2.31. The Bertz CT molecular complexity index is 459. The molecule has 0 aromatic heterocycles. The number of carboxylic acid groups (broad SMARTS) is 1. The number of rotatable bonds is 4. The predicted octanol–water partition coefficient (Wildman–Crippen LogP) is 1.51. The normalized spacial score (nSPS) is 11.8. The Labute approximate surface area is 106 Å². The van der Waals surface area contributed by atoms with E-state index in [2.05, 4.69) is 5.32 Å². The number of carbonyl (C=O) groups excluding carboxylic acids is 1. The summed E-state index contributed by atoms with van der Waals surface area (Å²) in [6, 6.07) is 3.06. The van der Waals surface area contributed by atoms with Crippen LogP contribution in [0.1, 0.15) is 28.4 Å². The van der Waals surface area contributed by atoms with Crippen LogP contribution < -0.4 is 10.1 Å². The molecule has 1 rings (SSSR count). The van der Waals surface area contributed by atoms with Gasteiger partial charge in [0.1, 0.15) is 5.75 Å². The Balaban J connectivity index is 3.04. The molecule has 0 heterocycles. The molecule has 5 nitrogen and oxygen atoms in total. The number of amides is 1. The number of ether oxygens (including phenoxy) is 1. The molecular weight excluding hydrogens is 234 g/mol. The highest BCUT2D eigenvalue weighted by Gasteiger charge is 2.17. The molecule has 98 valence electrons. The first-order valence-electron chi connectivity index (χ1n) is 5.59. The number of hydrogen-bond acceptors (Lipinski definition) is 3. The maximum absolute atomic E-state index is 11.4. The van der Waals surface area contributed by atoms with Gasteiger partial charge in [-0.15, -0.1) is 0 Å². The van der Waals surface area contributed by atoms with Crippen molar-refractivity contribution < 1.29 is 19.4 Å². The summed E-state index contributed by atoms with van der Waals surface area (Å²) >= 11 is 0. The fourth-order valence-electron chi connectivity index (χ4n) is 1.69. The highest BCUT2D eigenvalue weighted by Crippen LogP contribution is 2.25. The van der Waals surface area contributed by atoms with Crippen LogP contribution >= 0.6 is 0 Å². The van der Waals surface area contributed by atoms with E-state index in [0.717, 1.165) is 0 Å². The molecule has 0 saturated carbocycles. The molecule has 0 aliphatic heterocycles. The van der Waals surface area contributed by atoms with Crippen molar-refractivity contribution in [3.63, 3.8) is 0 Å². The van der Waals surface area contributed by atoms with Crippen molar-refractivity contribution in [3.8, 4) is 5.75 Å². The van der Waals surface area contributed by atoms with E-state index in [-0.39, 0.29) is 11.5 Å². The zero-order chi connectivity index (χ0) is 13.9. The third-order valence-corrected chi connectivity index (χ3v) is 2.62. The molecule has 0 radical (unpaired) electrons. The smallest absolute Gasteiger partial charge is 0.335 e. The third-order valence-electron chi connectivity index (χ3n) is 2.62. The van der Waals surface area contributed by atoms with Crippen LogP contribution in [0.4, 0.5) is 0 Å². The summed E-state index contributed by atoms with van der Waals surface area (Å²) in [5.41, 5.74) is 1.61. The van der Waals surface area contributed by atoms with E-state index in [0.29, 0.717) is 16.9 Å². The van der Waals surface area contributed by atoms with Crippen LogP contribution in [0.3, 0.4) is 0 Å². The molecule has 0 aliphatic rings.